The van der Waals surface area contributed by atoms with Gasteiger partial charge < -0.3 is 15.0 Å². The molecule has 2 aromatic carbocycles. The van der Waals surface area contributed by atoms with E-state index in [4.69, 9.17) is 10.5 Å². The summed E-state index contributed by atoms with van der Waals surface area (Å²) >= 11 is 0. The van der Waals surface area contributed by atoms with Gasteiger partial charge in [-0.05, 0) is 37.6 Å². The number of nitrogens with two attached hydrogens (primary N) is 1. The number of primary amides is 1. The Kier molecular flexibility index (Phi) is 5.42. The minimum absolute atomic E-state index is 0.303. The van der Waals surface area contributed by atoms with Crippen molar-refractivity contribution in [2.45, 2.75) is 26.6 Å². The predicted molar refractivity (Wildman–Crippen MR) is 105 cm³/mol. The number of hydrogen-bond donors (Lipinski definition) is 1. The Morgan fingerprint density at radius 2 is 1.66 bits per heavy atom. The lowest BCUT2D eigenvalue weighted by Gasteiger charge is -2.13. The average molecular weight is 402 g/mol. The van der Waals surface area contributed by atoms with E-state index in [0.29, 0.717) is 34.7 Å². The molecule has 0 radical (unpaired) electrons. The Labute approximate surface area is 166 Å². The maximum Gasteiger partial charge on any atom is 0.416 e. The summed E-state index contributed by atoms with van der Waals surface area (Å²) in [6.07, 6.45) is -4.42. The zero-order chi connectivity index (χ0) is 21.3. The monoisotopic (exact) mass is 402 g/mol. The molecule has 0 unspecified atom stereocenters. The van der Waals surface area contributed by atoms with Gasteiger partial charge in [0.2, 0.25) is 0 Å². The first-order valence-corrected chi connectivity index (χ1v) is 8.94. The van der Waals surface area contributed by atoms with E-state index in [1.165, 1.54) is 12.1 Å². The number of halogens is 3. The first kappa shape index (κ1) is 20.5. The topological polar surface area (TPSA) is 57.2 Å². The van der Waals surface area contributed by atoms with Crippen molar-refractivity contribution in [1.82, 2.24) is 4.57 Å². The lowest BCUT2D eigenvalue weighted by atomic mass is 9.99. The third-order valence-electron chi connectivity index (χ3n) is 5.05. The minimum atomic E-state index is -4.42. The summed E-state index contributed by atoms with van der Waals surface area (Å²) in [7, 11) is 1.58. The molecular formula is C22H21F3N2O2. The number of ether oxygens (including phenoxy) is 1. The van der Waals surface area contributed by atoms with Crippen LogP contribution >= 0.6 is 0 Å². The van der Waals surface area contributed by atoms with Gasteiger partial charge in [0, 0.05) is 22.5 Å². The molecule has 0 aliphatic heterocycles. The van der Waals surface area contributed by atoms with Gasteiger partial charge in [-0.1, -0.05) is 30.3 Å². The lowest BCUT2D eigenvalue weighted by molar-refractivity contribution is -0.137. The van der Waals surface area contributed by atoms with Crippen LogP contribution in [0.2, 0.25) is 0 Å². The van der Waals surface area contributed by atoms with Crippen LogP contribution in [0, 0.1) is 13.8 Å². The molecule has 1 heterocycles. The first-order chi connectivity index (χ1) is 13.6. The normalized spacial score (nSPS) is 11.5. The minimum Gasteiger partial charge on any atom is -0.496 e. The average Bonchev–Trinajstić information content (AvgIpc) is 2.92. The number of alkyl halides is 3. The summed E-state index contributed by atoms with van der Waals surface area (Å²) in [6, 6.07) is 12.3. The van der Waals surface area contributed by atoms with Crippen molar-refractivity contribution in [3.8, 4) is 16.9 Å². The first-order valence-electron chi connectivity index (χ1n) is 8.94. The second-order valence-corrected chi connectivity index (χ2v) is 6.76. The molecule has 4 nitrogen and oxygen atoms in total. The highest BCUT2D eigenvalue weighted by molar-refractivity contribution is 6.02. The molecule has 1 amide bonds. The number of aromatic nitrogens is 1. The molecule has 1 aromatic heterocycles. The Hall–Kier alpha value is -3.22. The van der Waals surface area contributed by atoms with E-state index in [0.717, 1.165) is 23.4 Å². The molecule has 0 aliphatic carbocycles. The second kappa shape index (κ2) is 7.66. The van der Waals surface area contributed by atoms with Crippen LogP contribution < -0.4 is 10.5 Å². The molecule has 7 heteroatoms. The van der Waals surface area contributed by atoms with E-state index in [-0.39, 0.29) is 0 Å². The number of nitrogens with zero attached hydrogens (tertiary/aromatic N) is 1. The number of hydrogen-bond acceptors (Lipinski definition) is 2. The highest BCUT2D eigenvalue weighted by Gasteiger charge is 2.30. The van der Waals surface area contributed by atoms with Gasteiger partial charge in [0.25, 0.3) is 5.91 Å². The summed E-state index contributed by atoms with van der Waals surface area (Å²) in [6.45, 7) is 4.03. The van der Waals surface area contributed by atoms with E-state index in [9.17, 15) is 18.0 Å². The molecular weight excluding hydrogens is 381 g/mol. The zero-order valence-corrected chi connectivity index (χ0v) is 16.3. The number of rotatable bonds is 5. The third-order valence-corrected chi connectivity index (χ3v) is 5.05. The number of carbonyl (C=O) groups excluding carboxylic acids is 1. The van der Waals surface area contributed by atoms with E-state index < -0.39 is 17.6 Å². The van der Waals surface area contributed by atoms with Crippen LogP contribution in [0.15, 0.2) is 48.5 Å². The Bertz CT molecular complexity index is 1050. The summed E-state index contributed by atoms with van der Waals surface area (Å²) in [5, 5.41) is 0. The summed E-state index contributed by atoms with van der Waals surface area (Å²) < 4.78 is 46.0. The van der Waals surface area contributed by atoms with Gasteiger partial charge in [0.15, 0.2) is 0 Å². The number of methoxy groups -OCH3 is 1. The Morgan fingerprint density at radius 3 is 2.21 bits per heavy atom. The maximum atomic E-state index is 12.9. The molecule has 29 heavy (non-hydrogen) atoms. The van der Waals surface area contributed by atoms with Gasteiger partial charge in [0.1, 0.15) is 5.75 Å². The van der Waals surface area contributed by atoms with Crippen molar-refractivity contribution in [3.05, 3.63) is 76.6 Å². The van der Waals surface area contributed by atoms with Crippen LogP contribution in [0.25, 0.3) is 11.1 Å². The van der Waals surface area contributed by atoms with Crippen molar-refractivity contribution >= 4 is 5.91 Å². The van der Waals surface area contributed by atoms with Crippen molar-refractivity contribution in [2.24, 2.45) is 5.73 Å². The maximum absolute atomic E-state index is 12.9. The van der Waals surface area contributed by atoms with Gasteiger partial charge >= 0.3 is 6.18 Å². The number of benzene rings is 2. The van der Waals surface area contributed by atoms with Crippen molar-refractivity contribution < 1.29 is 22.7 Å². The van der Waals surface area contributed by atoms with Crippen molar-refractivity contribution in [3.63, 3.8) is 0 Å². The van der Waals surface area contributed by atoms with Crippen molar-refractivity contribution in [2.75, 3.05) is 7.11 Å². The molecule has 0 spiro atoms. The van der Waals surface area contributed by atoms with Crippen LogP contribution in [0.3, 0.4) is 0 Å². The fraction of sp³-hybridized carbons (Fsp3) is 0.227. The zero-order valence-electron chi connectivity index (χ0n) is 16.3. The fourth-order valence-corrected chi connectivity index (χ4v) is 3.60. The molecule has 152 valence electrons. The Morgan fingerprint density at radius 1 is 1.03 bits per heavy atom. The number of carbonyl (C=O) groups is 1. The van der Waals surface area contributed by atoms with Crippen LogP contribution in [-0.4, -0.2) is 17.6 Å². The molecule has 0 saturated heterocycles. The SMILES string of the molecule is COc1ccccc1Cn1c(C)c(C(N)=O)c(-c2ccc(C(F)(F)F)cc2)c1C. The molecule has 0 aliphatic rings. The van der Waals surface area contributed by atoms with Gasteiger partial charge in [-0.2, -0.15) is 13.2 Å². The Balaban J connectivity index is 2.13. The molecule has 0 atom stereocenters. The largest absolute Gasteiger partial charge is 0.496 e. The smallest absolute Gasteiger partial charge is 0.416 e. The van der Waals surface area contributed by atoms with Crippen LogP contribution in [0.4, 0.5) is 13.2 Å². The molecule has 0 bridgehead atoms. The van der Waals surface area contributed by atoms with E-state index in [1.807, 2.05) is 35.8 Å². The van der Waals surface area contributed by atoms with Crippen LogP contribution in [-0.2, 0) is 12.7 Å². The molecule has 0 fully saturated rings. The summed E-state index contributed by atoms with van der Waals surface area (Å²) in [5.41, 5.74) is 8.53. The quantitative estimate of drug-likeness (QED) is 0.657. The van der Waals surface area contributed by atoms with Crippen LogP contribution in [0.5, 0.6) is 5.75 Å². The number of amides is 1. The third kappa shape index (κ3) is 3.85. The van der Waals surface area contributed by atoms with E-state index >= 15 is 0 Å². The van der Waals surface area contributed by atoms with Gasteiger partial charge in [-0.25, -0.2) is 0 Å². The summed E-state index contributed by atoms with van der Waals surface area (Å²) in [4.78, 5) is 12.2. The highest BCUT2D eigenvalue weighted by atomic mass is 19.4. The summed E-state index contributed by atoms with van der Waals surface area (Å²) in [5.74, 6) is 0.0796. The van der Waals surface area contributed by atoms with Crippen molar-refractivity contribution in [1.29, 1.82) is 0 Å². The van der Waals surface area contributed by atoms with Gasteiger partial charge in [-0.15, -0.1) is 0 Å². The van der Waals surface area contributed by atoms with Gasteiger partial charge in [-0.3, -0.25) is 4.79 Å². The highest BCUT2D eigenvalue weighted by Crippen LogP contribution is 2.36. The molecule has 3 aromatic rings. The number of para-hydroxylation sites is 1. The van der Waals surface area contributed by atoms with E-state index in [1.54, 1.807) is 14.0 Å². The standard InChI is InChI=1S/C22H21F3N2O2/c1-13-19(15-8-10-17(11-9-15)22(23,24)25)20(21(26)28)14(2)27(13)12-16-6-4-5-7-18(16)29-3/h4-11H,12H2,1-3H3,(H2,26,28). The lowest BCUT2D eigenvalue weighted by Crippen LogP contribution is -2.14. The van der Waals surface area contributed by atoms with Gasteiger partial charge in [0.05, 0.1) is 24.8 Å². The second-order valence-electron chi connectivity index (χ2n) is 6.76. The fourth-order valence-electron chi connectivity index (χ4n) is 3.60. The molecule has 3 rings (SSSR count). The van der Waals surface area contributed by atoms with Crippen LogP contribution in [0.1, 0.15) is 32.9 Å². The van der Waals surface area contributed by atoms with E-state index in [2.05, 4.69) is 0 Å². The predicted octanol–water partition coefficient (Wildman–Crippen LogP) is 4.95. The molecule has 0 saturated carbocycles. The molecule has 2 N–H and O–H groups in total.